The monoisotopic (exact) mass is 228 g/mol. The van der Waals surface area contributed by atoms with E-state index in [0.717, 1.165) is 0 Å². The van der Waals surface area contributed by atoms with Crippen molar-refractivity contribution in [1.29, 1.82) is 0 Å². The van der Waals surface area contributed by atoms with E-state index < -0.39 is 0 Å². The lowest BCUT2D eigenvalue weighted by molar-refractivity contribution is 0.102. The van der Waals surface area contributed by atoms with Crippen LogP contribution in [0.25, 0.3) is 0 Å². The number of benzene rings is 1. The van der Waals surface area contributed by atoms with Gasteiger partial charge in [0.15, 0.2) is 0 Å². The Morgan fingerprint density at radius 1 is 1.24 bits per heavy atom. The van der Waals surface area contributed by atoms with Gasteiger partial charge in [-0.3, -0.25) is 9.78 Å². The lowest BCUT2D eigenvalue weighted by Gasteiger charge is -2.06. The number of nitrogens with zero attached hydrogens (tertiary/aromatic N) is 1. The normalized spacial score (nSPS) is 9.94. The van der Waals surface area contributed by atoms with Crippen LogP contribution in [0.4, 0.5) is 5.69 Å². The SMILES string of the molecule is Cc1cc(C(=O)Nc2ccncc2)ccc1O. The molecule has 0 fully saturated rings. The zero-order valence-corrected chi connectivity index (χ0v) is 9.34. The van der Waals surface area contributed by atoms with Crippen molar-refractivity contribution in [2.24, 2.45) is 0 Å². The van der Waals surface area contributed by atoms with Crippen LogP contribution in [0.5, 0.6) is 5.75 Å². The van der Waals surface area contributed by atoms with Crippen LogP contribution in [0.15, 0.2) is 42.7 Å². The molecule has 17 heavy (non-hydrogen) atoms. The molecule has 2 rings (SSSR count). The van der Waals surface area contributed by atoms with Gasteiger partial charge in [-0.05, 0) is 42.8 Å². The van der Waals surface area contributed by atoms with Crippen molar-refractivity contribution in [2.75, 3.05) is 5.32 Å². The Morgan fingerprint density at radius 3 is 2.59 bits per heavy atom. The molecule has 2 N–H and O–H groups in total. The first-order chi connectivity index (χ1) is 8.16. The molecule has 1 heterocycles. The van der Waals surface area contributed by atoms with Gasteiger partial charge in [0, 0.05) is 23.6 Å². The Balaban J connectivity index is 2.18. The second-order valence-corrected chi connectivity index (χ2v) is 3.69. The van der Waals surface area contributed by atoms with Gasteiger partial charge >= 0.3 is 0 Å². The lowest BCUT2D eigenvalue weighted by atomic mass is 10.1. The highest BCUT2D eigenvalue weighted by Crippen LogP contribution is 2.17. The van der Waals surface area contributed by atoms with Crippen molar-refractivity contribution >= 4 is 11.6 Å². The van der Waals surface area contributed by atoms with E-state index in [1.807, 2.05) is 0 Å². The maximum atomic E-state index is 11.9. The summed E-state index contributed by atoms with van der Waals surface area (Å²) in [5, 5.41) is 12.1. The quantitative estimate of drug-likeness (QED) is 0.829. The third kappa shape index (κ3) is 2.60. The number of phenolic OH excluding ortho intramolecular Hbond substituents is 1. The summed E-state index contributed by atoms with van der Waals surface area (Å²) < 4.78 is 0. The molecule has 1 aromatic heterocycles. The van der Waals surface area contributed by atoms with E-state index in [9.17, 15) is 9.90 Å². The Morgan fingerprint density at radius 2 is 1.94 bits per heavy atom. The van der Waals surface area contributed by atoms with E-state index in [1.54, 1.807) is 43.6 Å². The van der Waals surface area contributed by atoms with Crippen LogP contribution in [-0.4, -0.2) is 16.0 Å². The van der Waals surface area contributed by atoms with Gasteiger partial charge in [-0.2, -0.15) is 0 Å². The molecule has 0 aliphatic heterocycles. The molecule has 0 unspecified atom stereocenters. The Labute approximate surface area is 98.9 Å². The zero-order valence-electron chi connectivity index (χ0n) is 9.34. The summed E-state index contributed by atoms with van der Waals surface area (Å²) in [5.74, 6) is -0.0234. The average molecular weight is 228 g/mol. The van der Waals surface area contributed by atoms with E-state index in [0.29, 0.717) is 16.8 Å². The van der Waals surface area contributed by atoms with Gasteiger partial charge in [-0.1, -0.05) is 0 Å². The number of carbonyl (C=O) groups excluding carboxylic acids is 1. The molecule has 0 spiro atoms. The van der Waals surface area contributed by atoms with Gasteiger partial charge < -0.3 is 10.4 Å². The van der Waals surface area contributed by atoms with Crippen LogP contribution in [-0.2, 0) is 0 Å². The number of aromatic nitrogens is 1. The van der Waals surface area contributed by atoms with Crippen LogP contribution >= 0.6 is 0 Å². The lowest BCUT2D eigenvalue weighted by Crippen LogP contribution is -2.11. The number of nitrogens with one attached hydrogen (secondary N) is 1. The number of phenols is 1. The van der Waals surface area contributed by atoms with E-state index in [2.05, 4.69) is 10.3 Å². The predicted molar refractivity (Wildman–Crippen MR) is 65.0 cm³/mol. The van der Waals surface area contributed by atoms with E-state index in [1.165, 1.54) is 6.07 Å². The third-order valence-corrected chi connectivity index (χ3v) is 2.40. The van der Waals surface area contributed by atoms with Crippen LogP contribution < -0.4 is 5.32 Å². The maximum absolute atomic E-state index is 11.9. The van der Waals surface area contributed by atoms with Crippen molar-refractivity contribution in [3.63, 3.8) is 0 Å². The molecule has 0 saturated carbocycles. The van der Waals surface area contributed by atoms with E-state index in [-0.39, 0.29) is 11.7 Å². The number of aryl methyl sites for hydroxylation is 1. The van der Waals surface area contributed by atoms with E-state index in [4.69, 9.17) is 0 Å². The van der Waals surface area contributed by atoms with Crippen LogP contribution in [0.1, 0.15) is 15.9 Å². The molecule has 86 valence electrons. The first-order valence-corrected chi connectivity index (χ1v) is 5.18. The molecule has 1 aromatic carbocycles. The van der Waals surface area contributed by atoms with Crippen molar-refractivity contribution in [2.45, 2.75) is 6.92 Å². The zero-order chi connectivity index (χ0) is 12.3. The summed E-state index contributed by atoms with van der Waals surface area (Å²) in [6.45, 7) is 1.75. The molecule has 1 amide bonds. The molecular formula is C13H12N2O2. The second kappa shape index (κ2) is 4.65. The van der Waals surface area contributed by atoms with Gasteiger partial charge in [0.05, 0.1) is 0 Å². The fourth-order valence-corrected chi connectivity index (χ4v) is 1.44. The minimum absolute atomic E-state index is 0.186. The number of rotatable bonds is 2. The number of amides is 1. The highest BCUT2D eigenvalue weighted by Gasteiger charge is 2.07. The van der Waals surface area contributed by atoms with Crippen LogP contribution in [0.3, 0.4) is 0 Å². The van der Waals surface area contributed by atoms with Crippen molar-refractivity contribution < 1.29 is 9.90 Å². The van der Waals surface area contributed by atoms with Crippen molar-refractivity contribution in [3.05, 3.63) is 53.9 Å². The summed E-state index contributed by atoms with van der Waals surface area (Å²) in [7, 11) is 0. The maximum Gasteiger partial charge on any atom is 0.255 e. The highest BCUT2D eigenvalue weighted by molar-refractivity contribution is 6.04. The summed E-state index contributed by atoms with van der Waals surface area (Å²) >= 11 is 0. The first-order valence-electron chi connectivity index (χ1n) is 5.18. The van der Waals surface area contributed by atoms with Gasteiger partial charge in [-0.15, -0.1) is 0 Å². The van der Waals surface area contributed by atoms with Crippen molar-refractivity contribution in [3.8, 4) is 5.75 Å². The number of hydrogen-bond donors (Lipinski definition) is 2. The molecule has 4 heteroatoms. The molecule has 4 nitrogen and oxygen atoms in total. The largest absolute Gasteiger partial charge is 0.508 e. The molecule has 0 aliphatic rings. The van der Waals surface area contributed by atoms with Gasteiger partial charge in [0.25, 0.3) is 5.91 Å². The minimum atomic E-state index is -0.209. The average Bonchev–Trinajstić information content (AvgIpc) is 2.34. The number of anilines is 1. The highest BCUT2D eigenvalue weighted by atomic mass is 16.3. The molecule has 0 atom stereocenters. The van der Waals surface area contributed by atoms with Crippen LogP contribution in [0, 0.1) is 6.92 Å². The third-order valence-electron chi connectivity index (χ3n) is 2.40. The molecule has 0 saturated heterocycles. The summed E-state index contributed by atoms with van der Waals surface area (Å²) in [4.78, 5) is 15.7. The Bertz CT molecular complexity index is 538. The summed E-state index contributed by atoms with van der Waals surface area (Å²) in [5.41, 5.74) is 1.88. The Hall–Kier alpha value is -2.36. The fraction of sp³-hybridized carbons (Fsp3) is 0.0769. The molecular weight excluding hydrogens is 216 g/mol. The van der Waals surface area contributed by atoms with Gasteiger partial charge in [0.1, 0.15) is 5.75 Å². The second-order valence-electron chi connectivity index (χ2n) is 3.69. The molecule has 0 radical (unpaired) electrons. The topological polar surface area (TPSA) is 62.2 Å². The molecule has 0 bridgehead atoms. The number of hydrogen-bond acceptors (Lipinski definition) is 3. The molecule has 2 aromatic rings. The number of carbonyl (C=O) groups is 1. The summed E-state index contributed by atoms with van der Waals surface area (Å²) in [6, 6.07) is 8.16. The minimum Gasteiger partial charge on any atom is -0.508 e. The van der Waals surface area contributed by atoms with E-state index >= 15 is 0 Å². The first kappa shape index (κ1) is 11.1. The summed E-state index contributed by atoms with van der Waals surface area (Å²) in [6.07, 6.45) is 3.22. The predicted octanol–water partition coefficient (Wildman–Crippen LogP) is 2.35. The molecule has 0 aliphatic carbocycles. The van der Waals surface area contributed by atoms with Gasteiger partial charge in [-0.25, -0.2) is 0 Å². The fourth-order valence-electron chi connectivity index (χ4n) is 1.44. The van der Waals surface area contributed by atoms with Gasteiger partial charge in [0.2, 0.25) is 0 Å². The van der Waals surface area contributed by atoms with Crippen molar-refractivity contribution in [1.82, 2.24) is 4.98 Å². The Kier molecular flexibility index (Phi) is 3.05. The van der Waals surface area contributed by atoms with Crippen LogP contribution in [0.2, 0.25) is 0 Å². The number of aromatic hydroxyl groups is 1. The number of pyridine rings is 1. The smallest absolute Gasteiger partial charge is 0.255 e. The standard InChI is InChI=1S/C13H12N2O2/c1-9-8-10(2-3-12(9)16)13(17)15-11-4-6-14-7-5-11/h2-8,16H,1H3,(H,14,15,17).